The molecule has 0 saturated carbocycles. The normalized spacial score (nSPS) is 11.2. The van der Waals surface area contributed by atoms with E-state index in [4.69, 9.17) is 0 Å². The number of nitrogens with one attached hydrogen (secondary N) is 1. The minimum Gasteiger partial charge on any atom is -0.465 e. The highest BCUT2D eigenvalue weighted by Crippen LogP contribution is 2.40. The zero-order chi connectivity index (χ0) is 19.6. The minimum absolute atomic E-state index is 0.0984. The zero-order valence-corrected chi connectivity index (χ0v) is 14.0. The fourth-order valence-electron chi connectivity index (χ4n) is 2.30. The van der Waals surface area contributed by atoms with Crippen LogP contribution in [-0.2, 0) is 15.7 Å². The van der Waals surface area contributed by atoms with Crippen molar-refractivity contribution in [1.82, 2.24) is 4.98 Å². The number of carbonyl (C=O) groups is 2. The average Bonchev–Trinajstić information content (AvgIpc) is 2.54. The number of methoxy groups -OCH3 is 1. The van der Waals surface area contributed by atoms with Crippen molar-refractivity contribution in [1.29, 1.82) is 0 Å². The van der Waals surface area contributed by atoms with Gasteiger partial charge in [0.2, 0.25) is 5.91 Å². The first-order valence-corrected chi connectivity index (χ1v) is 7.28. The molecule has 0 aliphatic carbocycles. The first-order valence-electron chi connectivity index (χ1n) is 7.28. The Kier molecular flexibility index (Phi) is 5.29. The molecule has 0 fully saturated rings. The van der Waals surface area contributed by atoms with Crippen LogP contribution in [0.1, 0.15) is 28.4 Å². The van der Waals surface area contributed by atoms with Gasteiger partial charge in [-0.15, -0.1) is 0 Å². The van der Waals surface area contributed by atoms with E-state index in [0.29, 0.717) is 6.07 Å². The number of amides is 1. The van der Waals surface area contributed by atoms with Crippen LogP contribution in [0, 0.1) is 12.7 Å². The molecule has 0 aliphatic rings. The van der Waals surface area contributed by atoms with Gasteiger partial charge in [-0.1, -0.05) is 0 Å². The molecule has 0 bridgehead atoms. The van der Waals surface area contributed by atoms with Crippen molar-refractivity contribution in [2.75, 3.05) is 12.4 Å². The predicted octanol–water partition coefficient (Wildman–Crippen LogP) is 3.96. The van der Waals surface area contributed by atoms with Gasteiger partial charge < -0.3 is 10.1 Å². The summed E-state index contributed by atoms with van der Waals surface area (Å²) in [6.07, 6.45) is -4.02. The third-order valence-electron chi connectivity index (χ3n) is 3.50. The summed E-state index contributed by atoms with van der Waals surface area (Å²) >= 11 is 0. The van der Waals surface area contributed by atoms with E-state index in [0.717, 1.165) is 32.4 Å². The number of aryl methyl sites for hydroxylation is 1. The number of halogens is 4. The Bertz CT molecular complexity index is 879. The van der Waals surface area contributed by atoms with Crippen molar-refractivity contribution in [2.45, 2.75) is 20.0 Å². The van der Waals surface area contributed by atoms with Gasteiger partial charge in [0, 0.05) is 12.5 Å². The van der Waals surface area contributed by atoms with E-state index in [1.54, 1.807) is 0 Å². The molecule has 1 aromatic carbocycles. The molecule has 1 aromatic heterocycles. The van der Waals surface area contributed by atoms with E-state index >= 15 is 0 Å². The smallest absolute Gasteiger partial charge is 0.417 e. The van der Waals surface area contributed by atoms with Crippen molar-refractivity contribution in [2.24, 2.45) is 0 Å². The molecular weight excluding hydrogens is 356 g/mol. The van der Waals surface area contributed by atoms with Crippen LogP contribution >= 0.6 is 0 Å². The Morgan fingerprint density at radius 2 is 1.85 bits per heavy atom. The van der Waals surface area contributed by atoms with Crippen molar-refractivity contribution in [3.63, 3.8) is 0 Å². The Hall–Kier alpha value is -2.97. The Balaban J connectivity index is 2.81. The van der Waals surface area contributed by atoms with Crippen LogP contribution in [0.4, 0.5) is 23.2 Å². The van der Waals surface area contributed by atoms with Crippen molar-refractivity contribution in [3.8, 4) is 11.3 Å². The largest absolute Gasteiger partial charge is 0.465 e. The molecule has 0 saturated heterocycles. The van der Waals surface area contributed by atoms with E-state index < -0.39 is 40.6 Å². The van der Waals surface area contributed by atoms with Gasteiger partial charge in [-0.25, -0.2) is 9.18 Å². The number of nitrogens with zero attached hydrogens (tertiary/aromatic N) is 1. The number of anilines is 1. The summed E-state index contributed by atoms with van der Waals surface area (Å²) in [5, 5.41) is 2.29. The van der Waals surface area contributed by atoms with Crippen LogP contribution in [0.2, 0.25) is 0 Å². The highest BCUT2D eigenvalue weighted by molar-refractivity contribution is 6.02. The molecule has 1 amide bonds. The Morgan fingerprint density at radius 3 is 2.35 bits per heavy atom. The summed E-state index contributed by atoms with van der Waals surface area (Å²) in [5.41, 5.74) is -2.25. The Morgan fingerprint density at radius 1 is 1.19 bits per heavy atom. The van der Waals surface area contributed by atoms with Crippen LogP contribution in [0.5, 0.6) is 0 Å². The second-order valence-corrected chi connectivity index (χ2v) is 5.43. The second kappa shape index (κ2) is 7.11. The van der Waals surface area contributed by atoms with Crippen LogP contribution in [-0.4, -0.2) is 24.0 Å². The van der Waals surface area contributed by atoms with Crippen molar-refractivity contribution in [3.05, 3.63) is 46.9 Å². The number of ether oxygens (including phenoxy) is 1. The van der Waals surface area contributed by atoms with Gasteiger partial charge in [-0.05, 0) is 30.7 Å². The summed E-state index contributed by atoms with van der Waals surface area (Å²) in [6.45, 7) is 2.52. The second-order valence-electron chi connectivity index (χ2n) is 5.43. The maximum atomic E-state index is 13.5. The maximum Gasteiger partial charge on any atom is 0.417 e. The van der Waals surface area contributed by atoms with Gasteiger partial charge in [0.15, 0.2) is 0 Å². The number of benzene rings is 1. The summed E-state index contributed by atoms with van der Waals surface area (Å²) in [4.78, 5) is 26.9. The topological polar surface area (TPSA) is 68.3 Å². The molecule has 9 heteroatoms. The number of pyridine rings is 1. The number of alkyl halides is 3. The highest BCUT2D eigenvalue weighted by Gasteiger charge is 2.36. The van der Waals surface area contributed by atoms with E-state index in [2.05, 4.69) is 15.0 Å². The minimum atomic E-state index is -4.82. The molecule has 0 atom stereocenters. The molecule has 138 valence electrons. The van der Waals surface area contributed by atoms with Crippen LogP contribution in [0.15, 0.2) is 24.4 Å². The van der Waals surface area contributed by atoms with Gasteiger partial charge in [0.05, 0.1) is 35.8 Å². The standard InChI is InChI=1S/C17H14F4N2O3/c1-8-4-14(22-7-13(8)18)10-6-15(23-9(2)24)11(16(25)26-3)5-12(10)17(19,20)21/h4-7H,1-3H3,(H,23,24). The molecule has 26 heavy (non-hydrogen) atoms. The summed E-state index contributed by atoms with van der Waals surface area (Å²) in [6, 6.07) is 2.69. The lowest BCUT2D eigenvalue weighted by Crippen LogP contribution is -2.16. The summed E-state index contributed by atoms with van der Waals surface area (Å²) < 4.78 is 58.4. The van der Waals surface area contributed by atoms with E-state index in [1.165, 1.54) is 6.92 Å². The van der Waals surface area contributed by atoms with E-state index in [-0.39, 0.29) is 16.9 Å². The van der Waals surface area contributed by atoms with Crippen LogP contribution in [0.3, 0.4) is 0 Å². The number of rotatable bonds is 3. The van der Waals surface area contributed by atoms with Crippen LogP contribution in [0.25, 0.3) is 11.3 Å². The lowest BCUT2D eigenvalue weighted by molar-refractivity contribution is -0.137. The molecule has 2 rings (SSSR count). The lowest BCUT2D eigenvalue weighted by Gasteiger charge is -2.17. The Labute approximate surface area is 146 Å². The van der Waals surface area contributed by atoms with Gasteiger partial charge in [-0.3, -0.25) is 9.78 Å². The molecule has 5 nitrogen and oxygen atoms in total. The molecule has 0 spiro atoms. The first-order chi connectivity index (χ1) is 12.0. The summed E-state index contributed by atoms with van der Waals surface area (Å²) in [7, 11) is 1.01. The first kappa shape index (κ1) is 19.4. The SMILES string of the molecule is COC(=O)c1cc(C(F)(F)F)c(-c2cc(C)c(F)cn2)cc1NC(C)=O. The number of hydrogen-bond donors (Lipinski definition) is 1. The number of carbonyl (C=O) groups excluding carboxylic acids is 2. The van der Waals surface area contributed by atoms with E-state index in [1.807, 2.05) is 0 Å². The van der Waals surface area contributed by atoms with Gasteiger partial charge in [0.1, 0.15) is 5.82 Å². The molecule has 1 heterocycles. The zero-order valence-electron chi connectivity index (χ0n) is 14.0. The molecule has 2 aromatic rings. The predicted molar refractivity (Wildman–Crippen MR) is 85.0 cm³/mol. The molecular formula is C17H14F4N2O3. The van der Waals surface area contributed by atoms with E-state index in [9.17, 15) is 27.2 Å². The van der Waals surface area contributed by atoms with Crippen molar-refractivity contribution >= 4 is 17.6 Å². The highest BCUT2D eigenvalue weighted by atomic mass is 19.4. The number of hydrogen-bond acceptors (Lipinski definition) is 4. The van der Waals surface area contributed by atoms with Crippen LogP contribution < -0.4 is 5.32 Å². The van der Waals surface area contributed by atoms with Gasteiger partial charge in [-0.2, -0.15) is 13.2 Å². The third kappa shape index (κ3) is 3.98. The molecule has 0 aliphatic heterocycles. The lowest BCUT2D eigenvalue weighted by atomic mass is 9.97. The van der Waals surface area contributed by atoms with Gasteiger partial charge >= 0.3 is 12.1 Å². The average molecular weight is 370 g/mol. The maximum absolute atomic E-state index is 13.5. The monoisotopic (exact) mass is 370 g/mol. The third-order valence-corrected chi connectivity index (χ3v) is 3.50. The fourth-order valence-corrected chi connectivity index (χ4v) is 2.30. The number of esters is 1. The fraction of sp³-hybridized carbons (Fsp3) is 0.235. The molecule has 0 unspecified atom stereocenters. The molecule has 0 radical (unpaired) electrons. The molecule has 1 N–H and O–H groups in total. The quantitative estimate of drug-likeness (QED) is 0.656. The number of aromatic nitrogens is 1. The van der Waals surface area contributed by atoms with Crippen molar-refractivity contribution < 1.29 is 31.9 Å². The van der Waals surface area contributed by atoms with Gasteiger partial charge in [0.25, 0.3) is 0 Å². The summed E-state index contributed by atoms with van der Waals surface area (Å²) in [5.74, 6) is -2.31.